The number of hydrogen-bond donors (Lipinski definition) is 0. The van der Waals surface area contributed by atoms with Crippen molar-refractivity contribution in [3.63, 3.8) is 0 Å². The number of nitriles is 1. The Balaban J connectivity index is 1.97. The SMILES string of the molecule is Cc1cccc(C2CCN(CC#N)CC2)n1. The lowest BCUT2D eigenvalue weighted by molar-refractivity contribution is 0.233. The molecule has 0 spiro atoms. The summed E-state index contributed by atoms with van der Waals surface area (Å²) in [7, 11) is 0. The second-order valence-corrected chi connectivity index (χ2v) is 4.41. The highest BCUT2D eigenvalue weighted by Gasteiger charge is 2.20. The molecule has 0 saturated carbocycles. The Kier molecular flexibility index (Phi) is 3.53. The van der Waals surface area contributed by atoms with Crippen molar-refractivity contribution in [2.75, 3.05) is 19.6 Å². The highest BCUT2D eigenvalue weighted by atomic mass is 15.1. The first-order valence-corrected chi connectivity index (χ1v) is 5.82. The Morgan fingerprint density at radius 1 is 1.44 bits per heavy atom. The molecule has 0 aromatic carbocycles. The molecule has 2 heterocycles. The summed E-state index contributed by atoms with van der Waals surface area (Å²) in [5.74, 6) is 0.579. The van der Waals surface area contributed by atoms with Gasteiger partial charge in [-0.05, 0) is 45.0 Å². The molecule has 1 saturated heterocycles. The molecule has 2 rings (SSSR count). The van der Waals surface area contributed by atoms with Crippen LogP contribution in [-0.2, 0) is 0 Å². The molecule has 3 nitrogen and oxygen atoms in total. The van der Waals surface area contributed by atoms with Crippen LogP contribution in [0.1, 0.15) is 30.1 Å². The van der Waals surface area contributed by atoms with Crippen LogP contribution in [-0.4, -0.2) is 29.5 Å². The first kappa shape index (κ1) is 11.1. The molecule has 0 unspecified atom stereocenters. The van der Waals surface area contributed by atoms with Crippen LogP contribution < -0.4 is 0 Å². The van der Waals surface area contributed by atoms with Crippen LogP contribution in [0.4, 0.5) is 0 Å². The van der Waals surface area contributed by atoms with Gasteiger partial charge in [0.25, 0.3) is 0 Å². The zero-order valence-corrected chi connectivity index (χ0v) is 9.69. The van der Waals surface area contributed by atoms with Crippen molar-refractivity contribution in [1.29, 1.82) is 5.26 Å². The standard InChI is InChI=1S/C13H17N3/c1-11-3-2-4-13(15-11)12-5-8-16(9-6-12)10-7-14/h2-4,12H,5-6,8-10H2,1H3. The molecule has 84 valence electrons. The van der Waals surface area contributed by atoms with Crippen molar-refractivity contribution in [2.45, 2.75) is 25.7 Å². The molecule has 3 heteroatoms. The molecule has 1 fully saturated rings. The minimum absolute atomic E-state index is 0.563. The fraction of sp³-hybridized carbons (Fsp3) is 0.538. The largest absolute Gasteiger partial charge is 0.291 e. The highest BCUT2D eigenvalue weighted by molar-refractivity contribution is 5.14. The average Bonchev–Trinajstić information content (AvgIpc) is 2.30. The van der Waals surface area contributed by atoms with Gasteiger partial charge in [-0.25, -0.2) is 0 Å². The van der Waals surface area contributed by atoms with Crippen LogP contribution in [0.25, 0.3) is 0 Å². The van der Waals surface area contributed by atoms with Crippen molar-refractivity contribution >= 4 is 0 Å². The molecule has 0 amide bonds. The fourth-order valence-electron chi connectivity index (χ4n) is 2.28. The van der Waals surface area contributed by atoms with Gasteiger partial charge in [-0.1, -0.05) is 6.07 Å². The Morgan fingerprint density at radius 3 is 2.81 bits per heavy atom. The molecule has 1 aromatic heterocycles. The zero-order chi connectivity index (χ0) is 11.4. The van der Waals surface area contributed by atoms with Crippen LogP contribution in [0.5, 0.6) is 0 Å². The van der Waals surface area contributed by atoms with E-state index in [1.165, 1.54) is 5.69 Å². The second kappa shape index (κ2) is 5.09. The molecule has 0 radical (unpaired) electrons. The maximum atomic E-state index is 8.63. The van der Waals surface area contributed by atoms with Gasteiger partial charge in [-0.2, -0.15) is 5.26 Å². The summed E-state index contributed by atoms with van der Waals surface area (Å²) in [5, 5.41) is 8.63. The van der Waals surface area contributed by atoms with E-state index in [9.17, 15) is 0 Å². The Morgan fingerprint density at radius 2 is 2.19 bits per heavy atom. The third kappa shape index (κ3) is 2.59. The minimum Gasteiger partial charge on any atom is -0.291 e. The summed E-state index contributed by atoms with van der Waals surface area (Å²) in [6, 6.07) is 8.45. The minimum atomic E-state index is 0.563. The number of aryl methyl sites for hydroxylation is 1. The molecule has 0 atom stereocenters. The van der Waals surface area contributed by atoms with Crippen LogP contribution in [0.15, 0.2) is 18.2 Å². The van der Waals surface area contributed by atoms with Crippen LogP contribution in [0, 0.1) is 18.3 Å². The number of hydrogen-bond acceptors (Lipinski definition) is 3. The van der Waals surface area contributed by atoms with E-state index in [2.05, 4.69) is 28.1 Å². The summed E-state index contributed by atoms with van der Waals surface area (Å²) in [6.45, 7) is 4.64. The van der Waals surface area contributed by atoms with E-state index in [1.54, 1.807) is 0 Å². The van der Waals surface area contributed by atoms with E-state index in [1.807, 2.05) is 13.0 Å². The third-order valence-corrected chi connectivity index (χ3v) is 3.21. The van der Waals surface area contributed by atoms with E-state index >= 15 is 0 Å². The monoisotopic (exact) mass is 215 g/mol. The smallest absolute Gasteiger partial charge is 0.0865 e. The summed E-state index contributed by atoms with van der Waals surface area (Å²) >= 11 is 0. The molecular weight excluding hydrogens is 198 g/mol. The van der Waals surface area contributed by atoms with E-state index in [0.29, 0.717) is 12.5 Å². The van der Waals surface area contributed by atoms with Crippen molar-refractivity contribution in [2.24, 2.45) is 0 Å². The van der Waals surface area contributed by atoms with Crippen molar-refractivity contribution in [3.8, 4) is 6.07 Å². The normalized spacial score (nSPS) is 18.2. The molecule has 16 heavy (non-hydrogen) atoms. The van der Waals surface area contributed by atoms with Crippen molar-refractivity contribution in [1.82, 2.24) is 9.88 Å². The first-order chi connectivity index (χ1) is 7.79. The first-order valence-electron chi connectivity index (χ1n) is 5.82. The van der Waals surface area contributed by atoms with Crippen LogP contribution >= 0.6 is 0 Å². The van der Waals surface area contributed by atoms with Gasteiger partial charge >= 0.3 is 0 Å². The van der Waals surface area contributed by atoms with Crippen molar-refractivity contribution in [3.05, 3.63) is 29.6 Å². The quantitative estimate of drug-likeness (QED) is 0.709. The lowest BCUT2D eigenvalue weighted by Crippen LogP contribution is -2.33. The highest BCUT2D eigenvalue weighted by Crippen LogP contribution is 2.26. The Labute approximate surface area is 96.7 Å². The third-order valence-electron chi connectivity index (χ3n) is 3.21. The zero-order valence-electron chi connectivity index (χ0n) is 9.69. The number of likely N-dealkylation sites (tertiary alicyclic amines) is 1. The van der Waals surface area contributed by atoms with Crippen LogP contribution in [0.3, 0.4) is 0 Å². The number of rotatable bonds is 2. The molecule has 0 aliphatic carbocycles. The van der Waals surface area contributed by atoms with Gasteiger partial charge in [0, 0.05) is 17.3 Å². The van der Waals surface area contributed by atoms with Crippen molar-refractivity contribution < 1.29 is 0 Å². The predicted molar refractivity (Wildman–Crippen MR) is 63.0 cm³/mol. The van der Waals surface area contributed by atoms with Gasteiger partial charge in [0.15, 0.2) is 0 Å². The Bertz CT molecular complexity index is 386. The van der Waals surface area contributed by atoms with Gasteiger partial charge < -0.3 is 0 Å². The summed E-state index contributed by atoms with van der Waals surface area (Å²) in [6.07, 6.45) is 2.25. The maximum Gasteiger partial charge on any atom is 0.0865 e. The maximum absolute atomic E-state index is 8.63. The molecular formula is C13H17N3. The summed E-state index contributed by atoms with van der Waals surface area (Å²) < 4.78 is 0. The lowest BCUT2D eigenvalue weighted by Gasteiger charge is -2.29. The molecule has 0 N–H and O–H groups in total. The topological polar surface area (TPSA) is 39.9 Å². The Hall–Kier alpha value is -1.40. The molecule has 0 bridgehead atoms. The van der Waals surface area contributed by atoms with E-state index in [-0.39, 0.29) is 0 Å². The lowest BCUT2D eigenvalue weighted by atomic mass is 9.93. The number of piperidine rings is 1. The van der Waals surface area contributed by atoms with Gasteiger partial charge in [-0.3, -0.25) is 9.88 Å². The van der Waals surface area contributed by atoms with Gasteiger partial charge in [-0.15, -0.1) is 0 Å². The molecule has 1 aliphatic rings. The summed E-state index contributed by atoms with van der Waals surface area (Å²) in [4.78, 5) is 6.80. The van der Waals surface area contributed by atoms with E-state index < -0.39 is 0 Å². The summed E-state index contributed by atoms with van der Waals surface area (Å²) in [5.41, 5.74) is 2.31. The molecule has 1 aliphatic heterocycles. The number of nitrogens with zero attached hydrogens (tertiary/aromatic N) is 3. The second-order valence-electron chi connectivity index (χ2n) is 4.41. The van der Waals surface area contributed by atoms with Crippen LogP contribution in [0.2, 0.25) is 0 Å². The predicted octanol–water partition coefficient (Wildman–Crippen LogP) is 2.09. The number of pyridine rings is 1. The molecule has 1 aromatic rings. The van der Waals surface area contributed by atoms with Gasteiger partial charge in [0.2, 0.25) is 0 Å². The van der Waals surface area contributed by atoms with E-state index in [4.69, 9.17) is 5.26 Å². The van der Waals surface area contributed by atoms with Gasteiger partial charge in [0.05, 0.1) is 12.6 Å². The van der Waals surface area contributed by atoms with Gasteiger partial charge in [0.1, 0.15) is 0 Å². The fourth-order valence-corrected chi connectivity index (χ4v) is 2.28. The number of aromatic nitrogens is 1. The van der Waals surface area contributed by atoms with E-state index in [0.717, 1.165) is 31.6 Å². The average molecular weight is 215 g/mol.